The minimum atomic E-state index is -0.0666. The maximum absolute atomic E-state index is 13.4. The molecule has 0 aliphatic heterocycles. The van der Waals surface area contributed by atoms with Gasteiger partial charge in [-0.25, -0.2) is 4.39 Å². The molecule has 0 aliphatic carbocycles. The highest BCUT2D eigenvalue weighted by Crippen LogP contribution is 2.21. The molecule has 0 bridgehead atoms. The zero-order chi connectivity index (χ0) is 10.0. The van der Waals surface area contributed by atoms with E-state index in [-0.39, 0.29) is 5.82 Å². The summed E-state index contributed by atoms with van der Waals surface area (Å²) in [4.78, 5) is 0. The summed E-state index contributed by atoms with van der Waals surface area (Å²) in [6.07, 6.45) is 0.906. The molecule has 1 rings (SSSR count). The number of benzene rings is 1. The fourth-order valence-electron chi connectivity index (χ4n) is 1.46. The smallest absolute Gasteiger partial charge is 0.126 e. The highest BCUT2D eigenvalue weighted by atomic mass is 19.1. The van der Waals surface area contributed by atoms with Gasteiger partial charge in [-0.05, 0) is 42.0 Å². The van der Waals surface area contributed by atoms with Gasteiger partial charge in [0.1, 0.15) is 5.82 Å². The molecule has 0 heterocycles. The zero-order valence-electron chi connectivity index (χ0n) is 8.82. The molecule has 1 heteroatoms. The first-order valence-electron chi connectivity index (χ1n) is 4.85. The van der Waals surface area contributed by atoms with Crippen molar-refractivity contribution < 1.29 is 4.39 Å². The van der Waals surface area contributed by atoms with Crippen molar-refractivity contribution in [2.75, 3.05) is 0 Å². The molecule has 0 amide bonds. The SMILES string of the molecule is CCc1cc(C(C)C)cc(F)c1C. The molecule has 0 N–H and O–H groups in total. The van der Waals surface area contributed by atoms with Gasteiger partial charge < -0.3 is 0 Å². The number of hydrogen-bond donors (Lipinski definition) is 0. The summed E-state index contributed by atoms with van der Waals surface area (Å²) < 4.78 is 13.4. The van der Waals surface area contributed by atoms with Crippen LogP contribution in [0.1, 0.15) is 43.4 Å². The second-order valence-corrected chi connectivity index (χ2v) is 3.80. The fraction of sp³-hybridized carbons (Fsp3) is 0.500. The Morgan fingerprint density at radius 1 is 1.31 bits per heavy atom. The Kier molecular flexibility index (Phi) is 3.07. The quantitative estimate of drug-likeness (QED) is 0.649. The summed E-state index contributed by atoms with van der Waals surface area (Å²) in [5.41, 5.74) is 3.02. The van der Waals surface area contributed by atoms with E-state index in [0.717, 1.165) is 23.1 Å². The molecule has 0 fully saturated rings. The number of halogens is 1. The van der Waals surface area contributed by atoms with Crippen molar-refractivity contribution in [1.29, 1.82) is 0 Å². The molecule has 0 aromatic heterocycles. The monoisotopic (exact) mass is 180 g/mol. The van der Waals surface area contributed by atoms with Crippen LogP contribution in [-0.4, -0.2) is 0 Å². The molecule has 0 saturated heterocycles. The third kappa shape index (κ3) is 2.09. The largest absolute Gasteiger partial charge is 0.207 e. The molecule has 1 aromatic rings. The van der Waals surface area contributed by atoms with E-state index in [2.05, 4.69) is 26.8 Å². The molecule has 0 spiro atoms. The van der Waals surface area contributed by atoms with E-state index in [9.17, 15) is 4.39 Å². The van der Waals surface area contributed by atoms with E-state index in [4.69, 9.17) is 0 Å². The first-order chi connectivity index (χ1) is 6.06. The van der Waals surface area contributed by atoms with Gasteiger partial charge in [0.2, 0.25) is 0 Å². The van der Waals surface area contributed by atoms with Crippen LogP contribution in [0, 0.1) is 12.7 Å². The van der Waals surface area contributed by atoms with E-state index in [1.807, 2.05) is 6.92 Å². The molecule has 0 unspecified atom stereocenters. The summed E-state index contributed by atoms with van der Waals surface area (Å²) in [5, 5.41) is 0. The number of rotatable bonds is 2. The van der Waals surface area contributed by atoms with Crippen molar-refractivity contribution in [3.8, 4) is 0 Å². The predicted molar refractivity (Wildman–Crippen MR) is 54.6 cm³/mol. The van der Waals surface area contributed by atoms with Crippen molar-refractivity contribution in [2.24, 2.45) is 0 Å². The second kappa shape index (κ2) is 3.91. The van der Waals surface area contributed by atoms with Crippen LogP contribution >= 0.6 is 0 Å². The van der Waals surface area contributed by atoms with Gasteiger partial charge in [-0.15, -0.1) is 0 Å². The molecule has 72 valence electrons. The molecule has 0 radical (unpaired) electrons. The van der Waals surface area contributed by atoms with Crippen LogP contribution in [0.2, 0.25) is 0 Å². The molecular formula is C12H17F. The summed E-state index contributed by atoms with van der Waals surface area (Å²) >= 11 is 0. The number of hydrogen-bond acceptors (Lipinski definition) is 0. The normalized spacial score (nSPS) is 10.9. The van der Waals surface area contributed by atoms with Crippen LogP contribution in [0.4, 0.5) is 4.39 Å². The van der Waals surface area contributed by atoms with E-state index in [1.165, 1.54) is 0 Å². The zero-order valence-corrected chi connectivity index (χ0v) is 8.82. The Hall–Kier alpha value is -0.850. The number of aryl methyl sites for hydroxylation is 1. The van der Waals surface area contributed by atoms with Crippen LogP contribution in [0.3, 0.4) is 0 Å². The minimum absolute atomic E-state index is 0.0666. The van der Waals surface area contributed by atoms with Crippen molar-refractivity contribution in [2.45, 2.75) is 40.0 Å². The molecule has 0 aliphatic rings. The summed E-state index contributed by atoms with van der Waals surface area (Å²) in [7, 11) is 0. The molecule has 0 atom stereocenters. The van der Waals surface area contributed by atoms with Crippen LogP contribution < -0.4 is 0 Å². The second-order valence-electron chi connectivity index (χ2n) is 3.80. The van der Waals surface area contributed by atoms with Crippen molar-refractivity contribution in [1.82, 2.24) is 0 Å². The Balaban J connectivity index is 3.22. The molecule has 0 nitrogen and oxygen atoms in total. The van der Waals surface area contributed by atoms with E-state index in [1.54, 1.807) is 6.07 Å². The highest BCUT2D eigenvalue weighted by Gasteiger charge is 2.07. The maximum Gasteiger partial charge on any atom is 0.126 e. The predicted octanol–water partition coefficient (Wildman–Crippen LogP) is 3.82. The van der Waals surface area contributed by atoms with Crippen molar-refractivity contribution >= 4 is 0 Å². The average Bonchev–Trinajstić information content (AvgIpc) is 2.09. The first kappa shape index (κ1) is 10.2. The van der Waals surface area contributed by atoms with Gasteiger partial charge in [0, 0.05) is 0 Å². The lowest BCUT2D eigenvalue weighted by Crippen LogP contribution is -1.96. The Labute approximate surface area is 79.8 Å². The Bertz CT molecular complexity index is 300. The fourth-order valence-corrected chi connectivity index (χ4v) is 1.46. The highest BCUT2D eigenvalue weighted by molar-refractivity contribution is 5.33. The lowest BCUT2D eigenvalue weighted by molar-refractivity contribution is 0.611. The molecular weight excluding hydrogens is 163 g/mol. The summed E-state index contributed by atoms with van der Waals surface area (Å²) in [6.45, 7) is 8.08. The molecule has 1 aromatic carbocycles. The summed E-state index contributed by atoms with van der Waals surface area (Å²) in [6, 6.07) is 3.77. The minimum Gasteiger partial charge on any atom is -0.207 e. The van der Waals surface area contributed by atoms with Crippen molar-refractivity contribution in [3.63, 3.8) is 0 Å². The van der Waals surface area contributed by atoms with Crippen LogP contribution in [-0.2, 0) is 6.42 Å². The molecule has 13 heavy (non-hydrogen) atoms. The van der Waals surface area contributed by atoms with Gasteiger partial charge in [0.05, 0.1) is 0 Å². The Morgan fingerprint density at radius 2 is 1.92 bits per heavy atom. The maximum atomic E-state index is 13.4. The van der Waals surface area contributed by atoms with Gasteiger partial charge >= 0.3 is 0 Å². The van der Waals surface area contributed by atoms with E-state index >= 15 is 0 Å². The van der Waals surface area contributed by atoms with Crippen molar-refractivity contribution in [3.05, 3.63) is 34.6 Å². The third-order valence-corrected chi connectivity index (χ3v) is 2.52. The van der Waals surface area contributed by atoms with Gasteiger partial charge in [0.15, 0.2) is 0 Å². The van der Waals surface area contributed by atoms with E-state index in [0.29, 0.717) is 5.92 Å². The average molecular weight is 180 g/mol. The van der Waals surface area contributed by atoms with Gasteiger partial charge in [-0.3, -0.25) is 0 Å². The van der Waals surface area contributed by atoms with Gasteiger partial charge in [-0.2, -0.15) is 0 Å². The lowest BCUT2D eigenvalue weighted by atomic mass is 9.96. The van der Waals surface area contributed by atoms with Crippen LogP contribution in [0.15, 0.2) is 12.1 Å². The van der Waals surface area contributed by atoms with Gasteiger partial charge in [0.25, 0.3) is 0 Å². The third-order valence-electron chi connectivity index (χ3n) is 2.52. The standard InChI is InChI=1S/C12H17F/c1-5-10-6-11(8(2)3)7-12(13)9(10)4/h6-8H,5H2,1-4H3. The first-order valence-corrected chi connectivity index (χ1v) is 4.85. The Morgan fingerprint density at radius 3 is 2.38 bits per heavy atom. The summed E-state index contributed by atoms with van der Waals surface area (Å²) in [5.74, 6) is 0.337. The van der Waals surface area contributed by atoms with Crippen LogP contribution in [0.5, 0.6) is 0 Å². The lowest BCUT2D eigenvalue weighted by Gasteiger charge is -2.10. The van der Waals surface area contributed by atoms with Crippen LogP contribution in [0.25, 0.3) is 0 Å². The van der Waals surface area contributed by atoms with E-state index < -0.39 is 0 Å². The molecule has 0 saturated carbocycles. The van der Waals surface area contributed by atoms with Gasteiger partial charge in [-0.1, -0.05) is 26.8 Å². The topological polar surface area (TPSA) is 0 Å².